The average molecular weight is 352 g/mol. The lowest BCUT2D eigenvalue weighted by Crippen LogP contribution is -2.48. The van der Waals surface area contributed by atoms with Gasteiger partial charge in [-0.2, -0.15) is 0 Å². The molecule has 0 saturated heterocycles. The van der Waals surface area contributed by atoms with Crippen LogP contribution in [0.25, 0.3) is 0 Å². The topological polar surface area (TPSA) is 46.3 Å². The van der Waals surface area contributed by atoms with Gasteiger partial charge in [-0.1, -0.05) is 43.5 Å². The second-order valence-electron chi connectivity index (χ2n) is 5.45. The smallest absolute Gasteiger partial charge is 0.240 e. The van der Waals surface area contributed by atoms with Gasteiger partial charge in [0.05, 0.1) is 6.04 Å². The molecule has 118 valence electrons. The number of hydrogen-bond donors (Lipinski definition) is 1. The summed E-state index contributed by atoms with van der Waals surface area (Å²) in [5.74, 6) is 0.195. The molecule has 2 rings (SSSR count). The van der Waals surface area contributed by atoms with E-state index in [2.05, 4.69) is 0 Å². The zero-order valence-corrected chi connectivity index (χ0v) is 14.6. The molecule has 1 aromatic carbocycles. The van der Waals surface area contributed by atoms with Crippen LogP contribution in [0.15, 0.2) is 12.1 Å². The van der Waals surface area contributed by atoms with Crippen molar-refractivity contribution in [2.45, 2.75) is 39.3 Å². The van der Waals surface area contributed by atoms with Gasteiger partial charge in [0.15, 0.2) is 0 Å². The van der Waals surface area contributed by atoms with Crippen molar-refractivity contribution in [1.82, 2.24) is 4.90 Å². The van der Waals surface area contributed by atoms with Gasteiger partial charge < -0.3 is 10.6 Å². The third kappa shape index (κ3) is 4.04. The van der Waals surface area contributed by atoms with Crippen LogP contribution in [-0.4, -0.2) is 23.4 Å². The molecule has 0 fully saturated rings. The Morgan fingerprint density at radius 1 is 1.43 bits per heavy atom. The summed E-state index contributed by atoms with van der Waals surface area (Å²) in [7, 11) is 0. The SMILES string of the molecule is CCC(C)C(N)C(=O)N1CCc2cc(Cl)cc(Cl)c2C1.Cl. The van der Waals surface area contributed by atoms with Gasteiger partial charge in [-0.05, 0) is 35.6 Å². The van der Waals surface area contributed by atoms with E-state index in [0.717, 1.165) is 24.0 Å². The molecule has 2 unspecified atom stereocenters. The van der Waals surface area contributed by atoms with Gasteiger partial charge in [0.1, 0.15) is 0 Å². The van der Waals surface area contributed by atoms with Crippen molar-refractivity contribution < 1.29 is 4.79 Å². The zero-order chi connectivity index (χ0) is 14.9. The lowest BCUT2D eigenvalue weighted by molar-refractivity contribution is -0.134. The van der Waals surface area contributed by atoms with E-state index < -0.39 is 6.04 Å². The van der Waals surface area contributed by atoms with Crippen molar-refractivity contribution in [3.8, 4) is 0 Å². The van der Waals surface area contributed by atoms with Crippen molar-refractivity contribution in [3.63, 3.8) is 0 Å². The fourth-order valence-corrected chi connectivity index (χ4v) is 3.07. The van der Waals surface area contributed by atoms with Gasteiger partial charge >= 0.3 is 0 Å². The highest BCUT2D eigenvalue weighted by Gasteiger charge is 2.28. The summed E-state index contributed by atoms with van der Waals surface area (Å²) in [6.45, 7) is 5.25. The summed E-state index contributed by atoms with van der Waals surface area (Å²) >= 11 is 12.2. The van der Waals surface area contributed by atoms with Crippen molar-refractivity contribution in [3.05, 3.63) is 33.3 Å². The molecule has 0 aliphatic carbocycles. The van der Waals surface area contributed by atoms with Crippen LogP contribution in [0.3, 0.4) is 0 Å². The third-order valence-electron chi connectivity index (χ3n) is 4.11. The fraction of sp³-hybridized carbons (Fsp3) is 0.533. The lowest BCUT2D eigenvalue weighted by atomic mass is 9.95. The summed E-state index contributed by atoms with van der Waals surface area (Å²) in [4.78, 5) is 14.2. The van der Waals surface area contributed by atoms with E-state index in [1.54, 1.807) is 11.0 Å². The molecule has 1 aliphatic rings. The average Bonchev–Trinajstić information content (AvgIpc) is 2.44. The van der Waals surface area contributed by atoms with Gasteiger partial charge in [-0.25, -0.2) is 0 Å². The minimum atomic E-state index is -0.437. The van der Waals surface area contributed by atoms with Crippen LogP contribution in [0, 0.1) is 5.92 Å². The number of nitrogens with two attached hydrogens (primary N) is 1. The van der Waals surface area contributed by atoms with Crippen LogP contribution in [0.2, 0.25) is 10.0 Å². The predicted octanol–water partition coefficient (Wildman–Crippen LogP) is 3.67. The first-order valence-electron chi connectivity index (χ1n) is 6.95. The molecule has 0 radical (unpaired) electrons. The standard InChI is InChI=1S/C15H20Cl2N2O.ClH/c1-3-9(2)14(18)15(20)19-5-4-10-6-11(16)7-13(17)12(10)8-19;/h6-7,9,14H,3-5,8,18H2,1-2H3;1H. The quantitative estimate of drug-likeness (QED) is 0.903. The van der Waals surface area contributed by atoms with E-state index in [4.69, 9.17) is 28.9 Å². The third-order valence-corrected chi connectivity index (χ3v) is 4.66. The van der Waals surface area contributed by atoms with E-state index in [9.17, 15) is 4.79 Å². The molecular formula is C15H21Cl3N2O. The molecule has 3 nitrogen and oxygen atoms in total. The summed E-state index contributed by atoms with van der Waals surface area (Å²) in [6.07, 6.45) is 1.67. The Hall–Kier alpha value is -0.480. The van der Waals surface area contributed by atoms with Crippen molar-refractivity contribution >= 4 is 41.5 Å². The zero-order valence-electron chi connectivity index (χ0n) is 12.2. The summed E-state index contributed by atoms with van der Waals surface area (Å²) in [5.41, 5.74) is 8.16. The number of hydrogen-bond acceptors (Lipinski definition) is 2. The maximum absolute atomic E-state index is 12.4. The van der Waals surface area contributed by atoms with E-state index >= 15 is 0 Å². The number of benzene rings is 1. The minimum absolute atomic E-state index is 0. The second-order valence-corrected chi connectivity index (χ2v) is 6.29. The molecule has 21 heavy (non-hydrogen) atoms. The number of carbonyl (C=O) groups is 1. The molecule has 0 spiro atoms. The van der Waals surface area contributed by atoms with Crippen molar-refractivity contribution in [1.29, 1.82) is 0 Å². The summed E-state index contributed by atoms with van der Waals surface area (Å²) in [5, 5.41) is 1.27. The van der Waals surface area contributed by atoms with Gasteiger partial charge in [0, 0.05) is 23.1 Å². The van der Waals surface area contributed by atoms with Crippen molar-refractivity contribution in [2.75, 3.05) is 6.54 Å². The van der Waals surface area contributed by atoms with Gasteiger partial charge in [-0.3, -0.25) is 4.79 Å². The maximum Gasteiger partial charge on any atom is 0.240 e. The van der Waals surface area contributed by atoms with Crippen LogP contribution >= 0.6 is 35.6 Å². The Bertz CT molecular complexity index is 522. The van der Waals surface area contributed by atoms with Crippen molar-refractivity contribution in [2.24, 2.45) is 11.7 Å². The Balaban J connectivity index is 0.00000220. The van der Waals surface area contributed by atoms with E-state index in [0.29, 0.717) is 23.1 Å². The first-order chi connectivity index (χ1) is 9.43. The molecule has 1 amide bonds. The highest BCUT2D eigenvalue weighted by atomic mass is 35.5. The normalized spacial score (nSPS) is 16.7. The number of carbonyl (C=O) groups excluding carboxylic acids is 1. The summed E-state index contributed by atoms with van der Waals surface area (Å²) in [6, 6.07) is 3.22. The highest BCUT2D eigenvalue weighted by Crippen LogP contribution is 2.30. The van der Waals surface area contributed by atoms with E-state index in [-0.39, 0.29) is 24.2 Å². The largest absolute Gasteiger partial charge is 0.337 e. The molecule has 1 aliphatic heterocycles. The number of nitrogens with zero attached hydrogens (tertiary/aromatic N) is 1. The summed E-state index contributed by atoms with van der Waals surface area (Å²) < 4.78 is 0. The van der Waals surface area contributed by atoms with Gasteiger partial charge in [0.2, 0.25) is 5.91 Å². The van der Waals surface area contributed by atoms with Crippen LogP contribution in [0.5, 0.6) is 0 Å². The van der Waals surface area contributed by atoms with Crippen LogP contribution in [0.4, 0.5) is 0 Å². The molecule has 1 heterocycles. The molecule has 0 bridgehead atoms. The molecule has 6 heteroatoms. The van der Waals surface area contributed by atoms with Crippen LogP contribution < -0.4 is 5.73 Å². The Labute approximate surface area is 142 Å². The van der Waals surface area contributed by atoms with Crippen LogP contribution in [0.1, 0.15) is 31.4 Å². The van der Waals surface area contributed by atoms with E-state index in [1.807, 2.05) is 19.9 Å². The Kier molecular flexibility index (Phi) is 6.79. The Morgan fingerprint density at radius 2 is 2.10 bits per heavy atom. The number of rotatable bonds is 3. The van der Waals surface area contributed by atoms with Gasteiger partial charge in [-0.15, -0.1) is 12.4 Å². The minimum Gasteiger partial charge on any atom is -0.337 e. The fourth-order valence-electron chi connectivity index (χ4n) is 2.48. The second kappa shape index (κ2) is 7.68. The molecule has 2 N–H and O–H groups in total. The molecule has 2 atom stereocenters. The lowest BCUT2D eigenvalue weighted by Gasteiger charge is -2.32. The van der Waals surface area contributed by atoms with E-state index in [1.165, 1.54) is 0 Å². The maximum atomic E-state index is 12.4. The number of halogens is 3. The molecule has 1 aromatic rings. The molecule has 0 saturated carbocycles. The predicted molar refractivity (Wildman–Crippen MR) is 90.3 cm³/mol. The van der Waals surface area contributed by atoms with Crippen LogP contribution in [-0.2, 0) is 17.8 Å². The Morgan fingerprint density at radius 3 is 2.71 bits per heavy atom. The highest BCUT2D eigenvalue weighted by molar-refractivity contribution is 6.35. The number of fused-ring (bicyclic) bond motifs is 1. The first kappa shape index (κ1) is 18.6. The first-order valence-corrected chi connectivity index (χ1v) is 7.70. The van der Waals surface area contributed by atoms with Gasteiger partial charge in [0.25, 0.3) is 0 Å². The monoisotopic (exact) mass is 350 g/mol. The molecular weight excluding hydrogens is 331 g/mol. The number of amides is 1. The molecule has 0 aromatic heterocycles.